The van der Waals surface area contributed by atoms with Crippen molar-refractivity contribution in [2.45, 2.75) is 19.3 Å². The maximum absolute atomic E-state index is 13.0. The first-order valence-corrected chi connectivity index (χ1v) is 4.69. The summed E-state index contributed by atoms with van der Waals surface area (Å²) < 4.78 is 30.6. The molecule has 0 saturated heterocycles. The number of nitrogens with zero attached hydrogens (tertiary/aromatic N) is 1. The van der Waals surface area contributed by atoms with E-state index in [1.54, 1.807) is 0 Å². The SMILES string of the molecule is N#CCCCCOc1ccc(F)cc1F. The van der Waals surface area contributed by atoms with Crippen molar-refractivity contribution in [3.63, 3.8) is 0 Å². The van der Waals surface area contributed by atoms with E-state index in [-0.39, 0.29) is 5.75 Å². The van der Waals surface area contributed by atoms with E-state index in [9.17, 15) is 8.78 Å². The third-order valence-electron chi connectivity index (χ3n) is 1.83. The lowest BCUT2D eigenvalue weighted by Crippen LogP contribution is -1.99. The summed E-state index contributed by atoms with van der Waals surface area (Å²) in [5.41, 5.74) is 0. The van der Waals surface area contributed by atoms with Crippen LogP contribution >= 0.6 is 0 Å². The highest BCUT2D eigenvalue weighted by atomic mass is 19.1. The molecule has 2 nitrogen and oxygen atoms in total. The Labute approximate surface area is 87.1 Å². The molecule has 80 valence electrons. The van der Waals surface area contributed by atoms with Gasteiger partial charge in [0.05, 0.1) is 12.7 Å². The zero-order chi connectivity index (χ0) is 11.1. The van der Waals surface area contributed by atoms with Gasteiger partial charge < -0.3 is 4.74 Å². The van der Waals surface area contributed by atoms with Gasteiger partial charge in [0.1, 0.15) is 5.82 Å². The lowest BCUT2D eigenvalue weighted by atomic mass is 10.2. The van der Waals surface area contributed by atoms with Gasteiger partial charge >= 0.3 is 0 Å². The smallest absolute Gasteiger partial charge is 0.167 e. The van der Waals surface area contributed by atoms with Crippen LogP contribution in [-0.2, 0) is 0 Å². The third-order valence-corrected chi connectivity index (χ3v) is 1.83. The Morgan fingerprint density at radius 1 is 1.27 bits per heavy atom. The molecule has 0 aliphatic carbocycles. The molecule has 0 atom stereocenters. The Hall–Kier alpha value is -1.63. The van der Waals surface area contributed by atoms with Crippen LogP contribution in [0.2, 0.25) is 0 Å². The highest BCUT2D eigenvalue weighted by molar-refractivity contribution is 5.24. The van der Waals surface area contributed by atoms with E-state index in [4.69, 9.17) is 10.00 Å². The minimum atomic E-state index is -0.699. The molecule has 4 heteroatoms. The van der Waals surface area contributed by atoms with Gasteiger partial charge in [0, 0.05) is 12.5 Å². The van der Waals surface area contributed by atoms with Gasteiger partial charge in [-0.2, -0.15) is 5.26 Å². The standard InChI is InChI=1S/C11H11F2NO/c12-9-4-5-11(10(13)8-9)15-7-3-1-2-6-14/h4-5,8H,1-3,7H2. The summed E-state index contributed by atoms with van der Waals surface area (Å²) in [6, 6.07) is 5.19. The summed E-state index contributed by atoms with van der Waals surface area (Å²) in [6.07, 6.45) is 1.87. The fourth-order valence-corrected chi connectivity index (χ4v) is 1.08. The molecule has 0 aromatic heterocycles. The van der Waals surface area contributed by atoms with E-state index >= 15 is 0 Å². The van der Waals surface area contributed by atoms with Crippen LogP contribution in [0.15, 0.2) is 18.2 Å². The molecule has 0 spiro atoms. The zero-order valence-electron chi connectivity index (χ0n) is 8.17. The Morgan fingerprint density at radius 3 is 2.73 bits per heavy atom. The molecule has 0 radical (unpaired) electrons. The Morgan fingerprint density at radius 2 is 2.07 bits per heavy atom. The Kier molecular flexibility index (Phi) is 4.55. The molecule has 0 amide bonds. The number of ether oxygens (including phenoxy) is 1. The predicted octanol–water partition coefficient (Wildman–Crippen LogP) is 3.04. The summed E-state index contributed by atoms with van der Waals surface area (Å²) in [5, 5.41) is 8.26. The topological polar surface area (TPSA) is 33.0 Å². The molecule has 0 bridgehead atoms. The van der Waals surface area contributed by atoms with E-state index in [0.29, 0.717) is 19.4 Å². The van der Waals surface area contributed by atoms with Crippen molar-refractivity contribution in [3.8, 4) is 11.8 Å². The van der Waals surface area contributed by atoms with Crippen molar-refractivity contribution in [2.24, 2.45) is 0 Å². The van der Waals surface area contributed by atoms with Crippen molar-refractivity contribution < 1.29 is 13.5 Å². The quantitative estimate of drug-likeness (QED) is 0.701. The lowest BCUT2D eigenvalue weighted by molar-refractivity contribution is 0.292. The number of halogens is 2. The average molecular weight is 211 g/mol. The molecule has 0 saturated carbocycles. The molecular formula is C11H11F2NO. The first kappa shape index (κ1) is 11.4. The zero-order valence-corrected chi connectivity index (χ0v) is 8.17. The summed E-state index contributed by atoms with van der Waals surface area (Å²) in [7, 11) is 0. The lowest BCUT2D eigenvalue weighted by Gasteiger charge is -2.05. The number of unbranched alkanes of at least 4 members (excludes halogenated alkanes) is 2. The number of rotatable bonds is 5. The molecule has 0 aliphatic rings. The first-order chi connectivity index (χ1) is 7.24. The van der Waals surface area contributed by atoms with Crippen LogP contribution < -0.4 is 4.74 Å². The minimum absolute atomic E-state index is 0.0494. The molecule has 0 unspecified atom stereocenters. The van der Waals surface area contributed by atoms with Crippen molar-refractivity contribution in [1.82, 2.24) is 0 Å². The molecule has 0 heterocycles. The summed E-state index contributed by atoms with van der Waals surface area (Å²) in [4.78, 5) is 0. The normalized spacial score (nSPS) is 9.67. The number of benzene rings is 1. The number of hydrogen-bond acceptors (Lipinski definition) is 2. The maximum Gasteiger partial charge on any atom is 0.167 e. The van der Waals surface area contributed by atoms with E-state index in [1.165, 1.54) is 6.07 Å². The molecule has 1 aromatic carbocycles. The highest BCUT2D eigenvalue weighted by Gasteiger charge is 2.03. The van der Waals surface area contributed by atoms with E-state index in [1.807, 2.05) is 6.07 Å². The van der Waals surface area contributed by atoms with Crippen LogP contribution in [0.25, 0.3) is 0 Å². The van der Waals surface area contributed by atoms with Crippen molar-refractivity contribution in [1.29, 1.82) is 5.26 Å². The Balaban J connectivity index is 2.35. The molecule has 0 aliphatic heterocycles. The van der Waals surface area contributed by atoms with Crippen molar-refractivity contribution in [3.05, 3.63) is 29.8 Å². The van der Waals surface area contributed by atoms with Crippen LogP contribution in [0.1, 0.15) is 19.3 Å². The van der Waals surface area contributed by atoms with E-state index < -0.39 is 11.6 Å². The fourth-order valence-electron chi connectivity index (χ4n) is 1.08. The molecular weight excluding hydrogens is 200 g/mol. The van der Waals surface area contributed by atoms with Gasteiger partial charge in [-0.1, -0.05) is 0 Å². The Bertz CT molecular complexity index is 360. The molecule has 15 heavy (non-hydrogen) atoms. The van der Waals surface area contributed by atoms with Crippen LogP contribution in [0, 0.1) is 23.0 Å². The van der Waals surface area contributed by atoms with Crippen LogP contribution in [0.4, 0.5) is 8.78 Å². The summed E-state index contributed by atoms with van der Waals surface area (Å²) in [5.74, 6) is -1.27. The van der Waals surface area contributed by atoms with Gasteiger partial charge in [-0.3, -0.25) is 0 Å². The molecule has 0 N–H and O–H groups in total. The van der Waals surface area contributed by atoms with Crippen LogP contribution in [0.3, 0.4) is 0 Å². The second kappa shape index (κ2) is 5.97. The maximum atomic E-state index is 13.0. The second-order valence-corrected chi connectivity index (χ2v) is 3.04. The predicted molar refractivity (Wildman–Crippen MR) is 51.3 cm³/mol. The van der Waals surface area contributed by atoms with E-state index in [2.05, 4.69) is 0 Å². The van der Waals surface area contributed by atoms with Gasteiger partial charge in [-0.25, -0.2) is 8.78 Å². The third kappa shape index (κ3) is 3.94. The number of hydrogen-bond donors (Lipinski definition) is 0. The van der Waals surface area contributed by atoms with Gasteiger partial charge in [-0.15, -0.1) is 0 Å². The second-order valence-electron chi connectivity index (χ2n) is 3.04. The van der Waals surface area contributed by atoms with E-state index in [0.717, 1.165) is 18.6 Å². The van der Waals surface area contributed by atoms with Crippen LogP contribution in [-0.4, -0.2) is 6.61 Å². The molecule has 1 rings (SSSR count). The van der Waals surface area contributed by atoms with Crippen molar-refractivity contribution >= 4 is 0 Å². The van der Waals surface area contributed by atoms with Gasteiger partial charge in [0.25, 0.3) is 0 Å². The van der Waals surface area contributed by atoms with Gasteiger partial charge in [-0.05, 0) is 25.0 Å². The molecule has 1 aromatic rings. The van der Waals surface area contributed by atoms with Crippen LogP contribution in [0.5, 0.6) is 5.75 Å². The van der Waals surface area contributed by atoms with Gasteiger partial charge in [0.15, 0.2) is 11.6 Å². The van der Waals surface area contributed by atoms with Crippen molar-refractivity contribution in [2.75, 3.05) is 6.61 Å². The monoisotopic (exact) mass is 211 g/mol. The summed E-state index contributed by atoms with van der Waals surface area (Å²) in [6.45, 7) is 0.338. The minimum Gasteiger partial charge on any atom is -0.491 e. The fraction of sp³-hybridized carbons (Fsp3) is 0.364. The average Bonchev–Trinajstić information content (AvgIpc) is 2.20. The highest BCUT2D eigenvalue weighted by Crippen LogP contribution is 2.17. The van der Waals surface area contributed by atoms with Gasteiger partial charge in [0.2, 0.25) is 0 Å². The number of nitriles is 1. The largest absolute Gasteiger partial charge is 0.491 e. The first-order valence-electron chi connectivity index (χ1n) is 4.69. The summed E-state index contributed by atoms with van der Waals surface area (Å²) >= 11 is 0. The molecule has 0 fully saturated rings.